The molecule has 0 amide bonds. The van der Waals surface area contributed by atoms with E-state index in [1.165, 1.54) is 0 Å². The Morgan fingerprint density at radius 2 is 1.79 bits per heavy atom. The molecule has 0 saturated heterocycles. The van der Waals surface area contributed by atoms with Crippen molar-refractivity contribution in [2.45, 2.75) is 38.5 Å². The molecule has 1 rings (SSSR count). The SMILES string of the molecule is CCSCC1(CN)CCC(F)(F)CC1. The first-order valence-corrected chi connectivity index (χ1v) is 6.35. The van der Waals surface area contributed by atoms with E-state index >= 15 is 0 Å². The molecule has 2 N–H and O–H groups in total. The standard InChI is InChI=1S/C10H19F2NS/c1-2-14-8-9(7-13)3-5-10(11,12)6-4-9/h2-8,13H2,1H3. The molecular formula is C10H19F2NS. The molecule has 1 nitrogen and oxygen atoms in total. The maximum absolute atomic E-state index is 13.0. The van der Waals surface area contributed by atoms with Crippen LogP contribution in [0.2, 0.25) is 0 Å². The van der Waals surface area contributed by atoms with E-state index in [2.05, 4.69) is 6.92 Å². The average Bonchev–Trinajstić information content (AvgIpc) is 2.18. The van der Waals surface area contributed by atoms with Crippen molar-refractivity contribution >= 4 is 11.8 Å². The molecule has 1 aliphatic carbocycles. The van der Waals surface area contributed by atoms with Gasteiger partial charge in [-0.3, -0.25) is 0 Å². The van der Waals surface area contributed by atoms with Gasteiger partial charge in [0.25, 0.3) is 0 Å². The lowest BCUT2D eigenvalue weighted by molar-refractivity contribution is -0.0606. The summed E-state index contributed by atoms with van der Waals surface area (Å²) in [6.45, 7) is 2.64. The van der Waals surface area contributed by atoms with Gasteiger partial charge in [-0.25, -0.2) is 8.78 Å². The van der Waals surface area contributed by atoms with Crippen molar-refractivity contribution in [2.24, 2.45) is 11.1 Å². The summed E-state index contributed by atoms with van der Waals surface area (Å²) >= 11 is 1.81. The Bertz CT molecular complexity index is 175. The van der Waals surface area contributed by atoms with Gasteiger partial charge in [-0.15, -0.1) is 0 Å². The molecule has 1 fully saturated rings. The topological polar surface area (TPSA) is 26.0 Å². The molecule has 0 unspecified atom stereocenters. The van der Waals surface area contributed by atoms with Gasteiger partial charge in [-0.2, -0.15) is 11.8 Å². The summed E-state index contributed by atoms with van der Waals surface area (Å²) in [4.78, 5) is 0. The first kappa shape index (κ1) is 12.2. The molecule has 0 aromatic heterocycles. The number of nitrogens with two attached hydrogens (primary N) is 1. The van der Waals surface area contributed by atoms with Crippen molar-refractivity contribution in [3.63, 3.8) is 0 Å². The molecule has 0 spiro atoms. The molecular weight excluding hydrogens is 204 g/mol. The first-order chi connectivity index (χ1) is 6.54. The maximum atomic E-state index is 13.0. The average molecular weight is 223 g/mol. The van der Waals surface area contributed by atoms with Crippen LogP contribution < -0.4 is 5.73 Å². The minimum Gasteiger partial charge on any atom is -0.330 e. The summed E-state index contributed by atoms with van der Waals surface area (Å²) in [6, 6.07) is 0. The second-order valence-electron chi connectivity index (χ2n) is 4.20. The van der Waals surface area contributed by atoms with E-state index in [-0.39, 0.29) is 18.3 Å². The molecule has 0 bridgehead atoms. The number of hydrogen-bond donors (Lipinski definition) is 1. The van der Waals surface area contributed by atoms with E-state index < -0.39 is 5.92 Å². The van der Waals surface area contributed by atoms with E-state index in [4.69, 9.17) is 5.73 Å². The molecule has 0 aromatic carbocycles. The Hall–Kier alpha value is 0.170. The van der Waals surface area contributed by atoms with E-state index in [0.29, 0.717) is 19.4 Å². The second kappa shape index (κ2) is 4.79. The van der Waals surface area contributed by atoms with Crippen molar-refractivity contribution in [3.8, 4) is 0 Å². The van der Waals surface area contributed by atoms with Crippen LogP contribution in [0.3, 0.4) is 0 Å². The maximum Gasteiger partial charge on any atom is 0.248 e. The van der Waals surface area contributed by atoms with Crippen molar-refractivity contribution < 1.29 is 8.78 Å². The zero-order valence-electron chi connectivity index (χ0n) is 8.69. The van der Waals surface area contributed by atoms with Crippen molar-refractivity contribution in [2.75, 3.05) is 18.1 Å². The highest BCUT2D eigenvalue weighted by atomic mass is 32.2. The van der Waals surface area contributed by atoms with Gasteiger partial charge < -0.3 is 5.73 Å². The van der Waals surface area contributed by atoms with Crippen LogP contribution in [0.1, 0.15) is 32.6 Å². The highest BCUT2D eigenvalue weighted by molar-refractivity contribution is 7.99. The fraction of sp³-hybridized carbons (Fsp3) is 1.00. The molecule has 4 heteroatoms. The van der Waals surface area contributed by atoms with Crippen LogP contribution in [0.25, 0.3) is 0 Å². The van der Waals surface area contributed by atoms with Crippen LogP contribution in [-0.4, -0.2) is 24.0 Å². The summed E-state index contributed by atoms with van der Waals surface area (Å²) in [7, 11) is 0. The fourth-order valence-corrected chi connectivity index (χ4v) is 2.92. The Balaban J connectivity index is 2.48. The van der Waals surface area contributed by atoms with Crippen molar-refractivity contribution in [3.05, 3.63) is 0 Å². The summed E-state index contributed by atoms with van der Waals surface area (Å²) in [5.74, 6) is -0.455. The molecule has 0 aliphatic heterocycles. The molecule has 84 valence electrons. The van der Waals surface area contributed by atoms with Gasteiger partial charge in [0.15, 0.2) is 0 Å². The molecule has 14 heavy (non-hydrogen) atoms. The van der Waals surface area contributed by atoms with E-state index in [0.717, 1.165) is 11.5 Å². The minimum absolute atomic E-state index is 0.0116. The Morgan fingerprint density at radius 3 is 2.21 bits per heavy atom. The highest BCUT2D eigenvalue weighted by Crippen LogP contribution is 2.44. The zero-order valence-corrected chi connectivity index (χ0v) is 9.51. The largest absolute Gasteiger partial charge is 0.330 e. The third-order valence-corrected chi connectivity index (χ3v) is 4.31. The van der Waals surface area contributed by atoms with E-state index in [9.17, 15) is 8.78 Å². The third kappa shape index (κ3) is 3.09. The fourth-order valence-electron chi connectivity index (χ4n) is 1.87. The number of hydrogen-bond acceptors (Lipinski definition) is 2. The summed E-state index contributed by atoms with van der Waals surface area (Å²) in [6.07, 6.45) is 1.22. The lowest BCUT2D eigenvalue weighted by atomic mass is 9.74. The number of thioether (sulfide) groups is 1. The molecule has 0 aromatic rings. The first-order valence-electron chi connectivity index (χ1n) is 5.19. The van der Waals surface area contributed by atoms with Crippen molar-refractivity contribution in [1.29, 1.82) is 0 Å². The van der Waals surface area contributed by atoms with Crippen LogP contribution >= 0.6 is 11.8 Å². The monoisotopic (exact) mass is 223 g/mol. The predicted molar refractivity (Wildman–Crippen MR) is 57.9 cm³/mol. The summed E-state index contributed by atoms with van der Waals surface area (Å²) in [5.41, 5.74) is 5.70. The van der Waals surface area contributed by atoms with E-state index in [1.807, 2.05) is 11.8 Å². The van der Waals surface area contributed by atoms with Crippen LogP contribution in [-0.2, 0) is 0 Å². The molecule has 1 saturated carbocycles. The highest BCUT2D eigenvalue weighted by Gasteiger charge is 2.42. The van der Waals surface area contributed by atoms with Gasteiger partial charge in [0, 0.05) is 18.6 Å². The van der Waals surface area contributed by atoms with Gasteiger partial charge in [0.2, 0.25) is 5.92 Å². The molecule has 0 radical (unpaired) electrons. The van der Waals surface area contributed by atoms with Gasteiger partial charge in [-0.1, -0.05) is 6.92 Å². The van der Waals surface area contributed by atoms with Gasteiger partial charge in [0.1, 0.15) is 0 Å². The smallest absolute Gasteiger partial charge is 0.248 e. The number of halogens is 2. The van der Waals surface area contributed by atoms with Gasteiger partial charge in [-0.05, 0) is 30.6 Å². The van der Waals surface area contributed by atoms with Crippen LogP contribution in [0, 0.1) is 5.41 Å². The van der Waals surface area contributed by atoms with E-state index in [1.54, 1.807) is 0 Å². The lowest BCUT2D eigenvalue weighted by Crippen LogP contribution is -2.40. The van der Waals surface area contributed by atoms with Gasteiger partial charge >= 0.3 is 0 Å². The van der Waals surface area contributed by atoms with Crippen LogP contribution in [0.4, 0.5) is 8.78 Å². The Labute approximate surface area is 88.8 Å². The number of alkyl halides is 2. The molecule has 1 aliphatic rings. The summed E-state index contributed by atoms with van der Waals surface area (Å²) in [5, 5.41) is 0. The molecule has 0 atom stereocenters. The van der Waals surface area contributed by atoms with Crippen molar-refractivity contribution in [1.82, 2.24) is 0 Å². The second-order valence-corrected chi connectivity index (χ2v) is 5.47. The Kier molecular flexibility index (Phi) is 4.19. The predicted octanol–water partition coefficient (Wildman–Crippen LogP) is 2.89. The molecule has 0 heterocycles. The minimum atomic E-state index is -2.43. The third-order valence-electron chi connectivity index (χ3n) is 3.09. The summed E-state index contributed by atoms with van der Waals surface area (Å²) < 4.78 is 25.9. The normalized spacial score (nSPS) is 24.9. The van der Waals surface area contributed by atoms with Crippen LogP contribution in [0.15, 0.2) is 0 Å². The Morgan fingerprint density at radius 1 is 1.21 bits per heavy atom. The number of rotatable bonds is 4. The lowest BCUT2D eigenvalue weighted by Gasteiger charge is -2.39. The van der Waals surface area contributed by atoms with Crippen LogP contribution in [0.5, 0.6) is 0 Å². The van der Waals surface area contributed by atoms with Gasteiger partial charge in [0.05, 0.1) is 0 Å². The zero-order chi connectivity index (χ0) is 10.7. The quantitative estimate of drug-likeness (QED) is 0.793.